The number of aliphatic hydroxyl groups is 1. The molecule has 0 saturated heterocycles. The van der Waals surface area contributed by atoms with E-state index in [0.29, 0.717) is 17.4 Å². The summed E-state index contributed by atoms with van der Waals surface area (Å²) in [5.41, 5.74) is 0. The number of nitrogens with zero attached hydrogens (tertiary/aromatic N) is 1. The Labute approximate surface area is 158 Å². The molecule has 0 aliphatic rings. The van der Waals surface area contributed by atoms with Gasteiger partial charge in [-0.1, -0.05) is 39.0 Å². The first kappa shape index (κ1) is 25.5. The van der Waals surface area contributed by atoms with Gasteiger partial charge in [-0.15, -0.1) is 0 Å². The van der Waals surface area contributed by atoms with Crippen LogP contribution in [0.4, 0.5) is 0 Å². The van der Waals surface area contributed by atoms with Gasteiger partial charge in [0.2, 0.25) is 5.91 Å². The zero-order chi connectivity index (χ0) is 20.2. The highest BCUT2D eigenvalue weighted by atomic mass is 31.2. The van der Waals surface area contributed by atoms with E-state index < -0.39 is 20.0 Å². The van der Waals surface area contributed by atoms with Crippen molar-refractivity contribution in [2.24, 2.45) is 0 Å². The molecule has 1 amide bonds. The van der Waals surface area contributed by atoms with Gasteiger partial charge in [0, 0.05) is 6.92 Å². The predicted octanol–water partition coefficient (Wildman–Crippen LogP) is 2.05. The molecule has 0 spiro atoms. The number of aliphatic hydroxyl groups excluding tert-OH is 1. The van der Waals surface area contributed by atoms with E-state index in [2.05, 4.69) is 12.2 Å². The number of quaternary nitrogens is 1. The van der Waals surface area contributed by atoms with Crippen molar-refractivity contribution in [3.63, 3.8) is 0 Å². The summed E-state index contributed by atoms with van der Waals surface area (Å²) in [6.07, 6.45) is 4.90. The molecule has 0 aliphatic heterocycles. The summed E-state index contributed by atoms with van der Waals surface area (Å²) in [5.74, 6) is -0.331. The molecular weight excluding hydrogens is 359 g/mol. The number of hydrogen-bond donors (Lipinski definition) is 3. The largest absolute Gasteiger partial charge is 0.472 e. The molecule has 0 aromatic heterocycles. The molecule has 8 nitrogen and oxygen atoms in total. The Morgan fingerprint density at radius 2 is 1.77 bits per heavy atom. The van der Waals surface area contributed by atoms with Crippen LogP contribution < -0.4 is 5.32 Å². The van der Waals surface area contributed by atoms with Crippen molar-refractivity contribution in [1.82, 2.24) is 5.32 Å². The lowest BCUT2D eigenvalue weighted by Gasteiger charge is -2.26. The van der Waals surface area contributed by atoms with Crippen LogP contribution in [-0.2, 0) is 18.4 Å². The van der Waals surface area contributed by atoms with Crippen LogP contribution in [0, 0.1) is 0 Å². The van der Waals surface area contributed by atoms with Crippen LogP contribution in [0.15, 0.2) is 0 Å². The molecule has 0 aromatic rings. The third-order valence-electron chi connectivity index (χ3n) is 3.89. The highest BCUT2D eigenvalue weighted by Gasteiger charge is 2.27. The molecular formula is C17H38N2O6P+. The Morgan fingerprint density at radius 1 is 1.15 bits per heavy atom. The van der Waals surface area contributed by atoms with Crippen molar-refractivity contribution in [3.8, 4) is 0 Å². The predicted molar refractivity (Wildman–Crippen MR) is 102 cm³/mol. The molecule has 156 valence electrons. The molecule has 0 radical (unpaired) electrons. The molecule has 3 atom stereocenters. The molecule has 0 aliphatic carbocycles. The molecule has 26 heavy (non-hydrogen) atoms. The van der Waals surface area contributed by atoms with Crippen molar-refractivity contribution in [2.45, 2.75) is 64.5 Å². The fraction of sp³-hybridized carbons (Fsp3) is 0.941. The number of likely N-dealkylation sites (N-methyl/N-ethyl adjacent to an activating group) is 1. The fourth-order valence-corrected chi connectivity index (χ4v) is 3.05. The molecule has 0 rings (SSSR count). The van der Waals surface area contributed by atoms with E-state index >= 15 is 0 Å². The first-order valence-electron chi connectivity index (χ1n) is 9.34. The topological polar surface area (TPSA) is 105 Å². The number of phosphoric ester groups is 1. The molecule has 3 N–H and O–H groups in total. The summed E-state index contributed by atoms with van der Waals surface area (Å²) >= 11 is 0. The first-order valence-corrected chi connectivity index (χ1v) is 10.8. The minimum absolute atomic E-state index is 0.0715. The van der Waals surface area contributed by atoms with Crippen LogP contribution in [0.1, 0.15) is 52.4 Å². The summed E-state index contributed by atoms with van der Waals surface area (Å²) in [4.78, 5) is 21.1. The maximum atomic E-state index is 12.0. The Hall–Kier alpha value is -0.500. The normalized spacial score (nSPS) is 16.7. The van der Waals surface area contributed by atoms with Crippen molar-refractivity contribution in [3.05, 3.63) is 0 Å². The van der Waals surface area contributed by atoms with Gasteiger partial charge in [-0.25, -0.2) is 4.57 Å². The SMILES string of the molecule is CCCCCCCC(O)C(COP(=O)(O)OCC[N+](C)(C)C)NC(C)=O. The minimum Gasteiger partial charge on any atom is -0.391 e. The van der Waals surface area contributed by atoms with Crippen LogP contribution in [0.25, 0.3) is 0 Å². The van der Waals surface area contributed by atoms with E-state index in [9.17, 15) is 19.4 Å². The van der Waals surface area contributed by atoms with E-state index in [-0.39, 0.29) is 19.1 Å². The van der Waals surface area contributed by atoms with Crippen LogP contribution in [0.5, 0.6) is 0 Å². The number of hydrogen-bond acceptors (Lipinski definition) is 5. The van der Waals surface area contributed by atoms with Gasteiger partial charge in [0.1, 0.15) is 13.2 Å². The molecule has 0 fully saturated rings. The van der Waals surface area contributed by atoms with Gasteiger partial charge >= 0.3 is 7.82 Å². The van der Waals surface area contributed by atoms with Crippen LogP contribution in [-0.4, -0.2) is 73.4 Å². The average molecular weight is 397 g/mol. The molecule has 9 heteroatoms. The third kappa shape index (κ3) is 14.6. The molecule has 3 unspecified atom stereocenters. The van der Waals surface area contributed by atoms with Gasteiger partial charge in [-0.3, -0.25) is 13.8 Å². The molecule has 0 aromatic carbocycles. The highest BCUT2D eigenvalue weighted by molar-refractivity contribution is 7.47. The van der Waals surface area contributed by atoms with Crippen LogP contribution in [0.2, 0.25) is 0 Å². The zero-order valence-corrected chi connectivity index (χ0v) is 17.8. The zero-order valence-electron chi connectivity index (χ0n) is 16.9. The number of nitrogens with one attached hydrogen (secondary N) is 1. The molecule has 0 bridgehead atoms. The average Bonchev–Trinajstić information content (AvgIpc) is 2.49. The van der Waals surface area contributed by atoms with Crippen molar-refractivity contribution >= 4 is 13.7 Å². The van der Waals surface area contributed by atoms with E-state index in [0.717, 1.165) is 32.1 Å². The van der Waals surface area contributed by atoms with Crippen LogP contribution >= 0.6 is 7.82 Å². The first-order chi connectivity index (χ1) is 12.0. The van der Waals surface area contributed by atoms with E-state index in [1.807, 2.05) is 21.1 Å². The lowest BCUT2D eigenvalue weighted by atomic mass is 10.0. The highest BCUT2D eigenvalue weighted by Crippen LogP contribution is 2.43. The monoisotopic (exact) mass is 397 g/mol. The maximum absolute atomic E-state index is 12.0. The summed E-state index contributed by atoms with van der Waals surface area (Å²) in [6, 6.07) is -0.749. The van der Waals surface area contributed by atoms with Gasteiger partial charge in [-0.05, 0) is 6.42 Å². The second-order valence-corrected chi connectivity index (χ2v) is 9.14. The lowest BCUT2D eigenvalue weighted by Crippen LogP contribution is -2.45. The van der Waals surface area contributed by atoms with Gasteiger partial charge in [-0.2, -0.15) is 0 Å². The minimum atomic E-state index is -4.23. The number of rotatable bonds is 15. The number of amides is 1. The second-order valence-electron chi connectivity index (χ2n) is 7.69. The lowest BCUT2D eigenvalue weighted by molar-refractivity contribution is -0.870. The quantitative estimate of drug-likeness (QED) is 0.222. The van der Waals surface area contributed by atoms with Gasteiger partial charge in [0.15, 0.2) is 0 Å². The number of carbonyl (C=O) groups excluding carboxylic acids is 1. The molecule has 0 heterocycles. The summed E-state index contributed by atoms with van der Waals surface area (Å²) in [7, 11) is 1.59. The Morgan fingerprint density at radius 3 is 2.31 bits per heavy atom. The van der Waals surface area contributed by atoms with E-state index in [1.54, 1.807) is 0 Å². The van der Waals surface area contributed by atoms with Crippen molar-refractivity contribution in [1.29, 1.82) is 0 Å². The van der Waals surface area contributed by atoms with Gasteiger partial charge in [0.05, 0.1) is 39.9 Å². The Kier molecular flexibility index (Phi) is 12.6. The third-order valence-corrected chi connectivity index (χ3v) is 4.87. The number of unbranched alkanes of at least 4 members (excludes halogenated alkanes) is 4. The Bertz CT molecular complexity index is 441. The molecule has 0 saturated carbocycles. The summed E-state index contributed by atoms with van der Waals surface area (Å²) in [5, 5.41) is 12.9. The van der Waals surface area contributed by atoms with Gasteiger partial charge in [0.25, 0.3) is 0 Å². The fourth-order valence-electron chi connectivity index (χ4n) is 2.31. The van der Waals surface area contributed by atoms with Crippen molar-refractivity contribution in [2.75, 3.05) is 40.9 Å². The Balaban J connectivity index is 4.41. The summed E-state index contributed by atoms with van der Waals surface area (Å²) < 4.78 is 22.5. The maximum Gasteiger partial charge on any atom is 0.472 e. The van der Waals surface area contributed by atoms with Crippen molar-refractivity contribution < 1.29 is 32.9 Å². The standard InChI is InChI=1S/C17H37N2O6P/c1-6-7-8-9-10-11-17(21)16(18-15(2)20)14-25-26(22,23)24-13-12-19(3,4)5/h16-17,21H,6-14H2,1-5H3,(H-,18,20,22,23)/p+1. The summed E-state index contributed by atoms with van der Waals surface area (Å²) in [6.45, 7) is 3.80. The number of carbonyl (C=O) groups is 1. The number of phosphoric acid groups is 1. The van der Waals surface area contributed by atoms with Gasteiger partial charge < -0.3 is 19.8 Å². The second kappa shape index (κ2) is 12.8. The van der Waals surface area contributed by atoms with E-state index in [4.69, 9.17) is 9.05 Å². The smallest absolute Gasteiger partial charge is 0.391 e. The van der Waals surface area contributed by atoms with E-state index in [1.165, 1.54) is 6.92 Å². The van der Waals surface area contributed by atoms with Crippen LogP contribution in [0.3, 0.4) is 0 Å².